The van der Waals surface area contributed by atoms with Gasteiger partial charge in [-0.2, -0.15) is 0 Å². The molecule has 1 fully saturated rings. The zero-order chi connectivity index (χ0) is 20.3. The summed E-state index contributed by atoms with van der Waals surface area (Å²) in [6, 6.07) is 9.87. The second-order valence-electron chi connectivity index (χ2n) is 7.11. The number of para-hydroxylation sites is 1. The highest BCUT2D eigenvalue weighted by Gasteiger charge is 2.17. The average molecular weight is 402 g/mol. The van der Waals surface area contributed by atoms with Crippen molar-refractivity contribution in [3.8, 4) is 11.5 Å². The van der Waals surface area contributed by atoms with E-state index in [-0.39, 0.29) is 6.61 Å². The molecule has 0 spiro atoms. The number of aromatic nitrogens is 1. The van der Waals surface area contributed by atoms with Gasteiger partial charge in [-0.1, -0.05) is 18.2 Å². The third kappa shape index (κ3) is 6.97. The van der Waals surface area contributed by atoms with Crippen LogP contribution in [-0.4, -0.2) is 74.2 Å². The Morgan fingerprint density at radius 2 is 2.10 bits per heavy atom. The molecule has 0 radical (unpaired) electrons. The zero-order valence-corrected chi connectivity index (χ0v) is 17.0. The third-order valence-electron chi connectivity index (χ3n) is 4.90. The minimum absolute atomic E-state index is 0.223. The minimum atomic E-state index is -0.565. The van der Waals surface area contributed by atoms with E-state index in [9.17, 15) is 5.11 Å². The number of hydrogen-bond donors (Lipinski definition) is 2. The molecule has 7 heteroatoms. The number of morpholine rings is 1. The molecule has 2 aromatic rings. The lowest BCUT2D eigenvalue weighted by atomic mass is 10.1. The fourth-order valence-electron chi connectivity index (χ4n) is 3.34. The highest BCUT2D eigenvalue weighted by atomic mass is 16.5. The van der Waals surface area contributed by atoms with E-state index in [1.54, 1.807) is 13.3 Å². The van der Waals surface area contributed by atoms with Crippen molar-refractivity contribution < 1.29 is 19.3 Å². The lowest BCUT2D eigenvalue weighted by Gasteiger charge is -2.28. The van der Waals surface area contributed by atoms with Gasteiger partial charge in [0, 0.05) is 44.1 Å². The van der Waals surface area contributed by atoms with Gasteiger partial charge in [0.1, 0.15) is 12.7 Å². The summed E-state index contributed by atoms with van der Waals surface area (Å²) in [5, 5.41) is 13.8. The van der Waals surface area contributed by atoms with E-state index in [2.05, 4.69) is 21.3 Å². The Balaban J connectivity index is 1.51. The van der Waals surface area contributed by atoms with E-state index in [0.29, 0.717) is 24.6 Å². The number of pyridine rings is 1. The maximum atomic E-state index is 10.4. The molecule has 7 nitrogen and oxygen atoms in total. The molecule has 0 amide bonds. The summed E-state index contributed by atoms with van der Waals surface area (Å²) in [6.07, 6.45) is 4.01. The Labute approximate surface area is 172 Å². The van der Waals surface area contributed by atoms with E-state index in [1.165, 1.54) is 5.56 Å². The molecule has 1 aromatic carbocycles. The van der Waals surface area contributed by atoms with Gasteiger partial charge in [-0.15, -0.1) is 0 Å². The summed E-state index contributed by atoms with van der Waals surface area (Å²) in [6.45, 7) is 5.42. The van der Waals surface area contributed by atoms with Crippen LogP contribution in [0, 0.1) is 0 Å². The molecule has 2 N–H and O–H groups in total. The van der Waals surface area contributed by atoms with Gasteiger partial charge in [-0.25, -0.2) is 0 Å². The number of β-amino-alcohol motifs (C(OH)–C–C–N with tert-alkyl or cyclic N) is 1. The second kappa shape index (κ2) is 11.7. The fourth-order valence-corrected chi connectivity index (χ4v) is 3.34. The summed E-state index contributed by atoms with van der Waals surface area (Å²) < 4.78 is 16.8. The molecule has 1 unspecified atom stereocenters. The summed E-state index contributed by atoms with van der Waals surface area (Å²) >= 11 is 0. The van der Waals surface area contributed by atoms with Gasteiger partial charge in [-0.05, 0) is 30.7 Å². The molecule has 158 valence electrons. The van der Waals surface area contributed by atoms with E-state index >= 15 is 0 Å². The number of nitrogens with zero attached hydrogens (tertiary/aromatic N) is 2. The normalized spacial score (nSPS) is 15.8. The summed E-state index contributed by atoms with van der Waals surface area (Å²) in [7, 11) is 1.63. The van der Waals surface area contributed by atoms with Crippen molar-refractivity contribution in [2.75, 3.05) is 53.1 Å². The van der Waals surface area contributed by atoms with Crippen molar-refractivity contribution >= 4 is 0 Å². The maximum Gasteiger partial charge on any atom is 0.165 e. The molecule has 3 rings (SSSR count). The first-order chi connectivity index (χ1) is 14.3. The molecule has 2 heterocycles. The van der Waals surface area contributed by atoms with Crippen molar-refractivity contribution in [2.24, 2.45) is 0 Å². The van der Waals surface area contributed by atoms with Gasteiger partial charge in [0.15, 0.2) is 11.5 Å². The van der Waals surface area contributed by atoms with Crippen molar-refractivity contribution in [2.45, 2.75) is 19.1 Å². The standard InChI is InChI=1S/C22H31N3O4/c1-27-21-6-2-5-19(15-24-9-7-18-4-3-8-23-14-18)22(21)29-17-20(26)16-25-10-12-28-13-11-25/h2-6,8,14,20,24,26H,7,9-13,15-17H2,1H3. The second-order valence-corrected chi connectivity index (χ2v) is 7.11. The largest absolute Gasteiger partial charge is 0.493 e. The maximum absolute atomic E-state index is 10.4. The zero-order valence-electron chi connectivity index (χ0n) is 17.0. The molecule has 0 bridgehead atoms. The number of ether oxygens (including phenoxy) is 3. The predicted molar refractivity (Wildman–Crippen MR) is 111 cm³/mol. The highest BCUT2D eigenvalue weighted by Crippen LogP contribution is 2.31. The third-order valence-corrected chi connectivity index (χ3v) is 4.90. The first kappa shape index (κ1) is 21.5. The van der Waals surface area contributed by atoms with E-state index in [0.717, 1.165) is 44.8 Å². The van der Waals surface area contributed by atoms with Crippen LogP contribution in [0.25, 0.3) is 0 Å². The van der Waals surface area contributed by atoms with E-state index in [1.807, 2.05) is 30.5 Å². The fraction of sp³-hybridized carbons (Fsp3) is 0.500. The monoisotopic (exact) mass is 401 g/mol. The van der Waals surface area contributed by atoms with Crippen molar-refractivity contribution in [1.82, 2.24) is 15.2 Å². The Morgan fingerprint density at radius 1 is 1.24 bits per heavy atom. The van der Waals surface area contributed by atoms with Crippen LogP contribution in [0.3, 0.4) is 0 Å². The molecule has 1 atom stereocenters. The Bertz CT molecular complexity index is 723. The van der Waals surface area contributed by atoms with Gasteiger partial charge < -0.3 is 24.6 Å². The van der Waals surface area contributed by atoms with Crippen molar-refractivity contribution in [3.05, 3.63) is 53.9 Å². The molecule has 29 heavy (non-hydrogen) atoms. The minimum Gasteiger partial charge on any atom is -0.493 e. The van der Waals surface area contributed by atoms with Gasteiger partial charge in [0.2, 0.25) is 0 Å². The van der Waals surface area contributed by atoms with Crippen LogP contribution >= 0.6 is 0 Å². The Kier molecular flexibility index (Phi) is 8.70. The molecule has 1 saturated heterocycles. The quantitative estimate of drug-likeness (QED) is 0.553. The summed E-state index contributed by atoms with van der Waals surface area (Å²) in [4.78, 5) is 6.34. The van der Waals surface area contributed by atoms with Crippen LogP contribution in [0.15, 0.2) is 42.7 Å². The van der Waals surface area contributed by atoms with Gasteiger partial charge in [-0.3, -0.25) is 9.88 Å². The van der Waals surface area contributed by atoms with Crippen LogP contribution < -0.4 is 14.8 Å². The lowest BCUT2D eigenvalue weighted by Crippen LogP contribution is -2.42. The summed E-state index contributed by atoms with van der Waals surface area (Å²) in [5.41, 5.74) is 2.21. The van der Waals surface area contributed by atoms with Crippen LogP contribution in [-0.2, 0) is 17.7 Å². The number of benzene rings is 1. The number of aliphatic hydroxyl groups excluding tert-OH is 1. The van der Waals surface area contributed by atoms with Crippen molar-refractivity contribution in [1.29, 1.82) is 0 Å². The van der Waals surface area contributed by atoms with Gasteiger partial charge in [0.25, 0.3) is 0 Å². The van der Waals surface area contributed by atoms with E-state index in [4.69, 9.17) is 14.2 Å². The topological polar surface area (TPSA) is 76.1 Å². The van der Waals surface area contributed by atoms with Gasteiger partial charge >= 0.3 is 0 Å². The molecule has 0 saturated carbocycles. The molecule has 1 aromatic heterocycles. The molecule has 0 aliphatic carbocycles. The summed E-state index contributed by atoms with van der Waals surface area (Å²) in [5.74, 6) is 1.36. The van der Waals surface area contributed by atoms with Crippen LogP contribution in [0.5, 0.6) is 11.5 Å². The highest BCUT2D eigenvalue weighted by molar-refractivity contribution is 5.46. The number of nitrogens with one attached hydrogen (secondary N) is 1. The first-order valence-corrected chi connectivity index (χ1v) is 10.1. The number of methoxy groups -OCH3 is 1. The molecular formula is C22H31N3O4. The van der Waals surface area contributed by atoms with E-state index < -0.39 is 6.10 Å². The SMILES string of the molecule is COc1cccc(CNCCc2cccnc2)c1OCC(O)CN1CCOCC1. The Hall–Kier alpha value is -2.19. The van der Waals surface area contributed by atoms with Crippen molar-refractivity contribution in [3.63, 3.8) is 0 Å². The molecular weight excluding hydrogens is 370 g/mol. The smallest absolute Gasteiger partial charge is 0.165 e. The number of hydrogen-bond acceptors (Lipinski definition) is 7. The predicted octanol–water partition coefficient (Wildman–Crippen LogP) is 1.49. The van der Waals surface area contributed by atoms with Crippen LogP contribution in [0.4, 0.5) is 0 Å². The molecule has 1 aliphatic heterocycles. The first-order valence-electron chi connectivity index (χ1n) is 10.1. The van der Waals surface area contributed by atoms with Gasteiger partial charge in [0.05, 0.1) is 20.3 Å². The number of rotatable bonds is 11. The Morgan fingerprint density at radius 3 is 2.86 bits per heavy atom. The molecule has 1 aliphatic rings. The van der Waals surface area contributed by atoms with Crippen LogP contribution in [0.1, 0.15) is 11.1 Å². The van der Waals surface area contributed by atoms with Crippen LogP contribution in [0.2, 0.25) is 0 Å². The lowest BCUT2D eigenvalue weighted by molar-refractivity contribution is 0.00436. The average Bonchev–Trinajstić information content (AvgIpc) is 2.77. The number of aliphatic hydroxyl groups is 1.